The highest BCUT2D eigenvalue weighted by molar-refractivity contribution is 6.00. The minimum Gasteiger partial charge on any atom is -0.352 e. The fraction of sp³-hybridized carbons (Fsp3) is 0.758. The first kappa shape index (κ1) is 87.0. The fourth-order valence-electron chi connectivity index (χ4n) is 8.46. The van der Waals surface area contributed by atoms with Crippen LogP contribution < -0.4 is 21.3 Å². The molecule has 0 aliphatic rings. The van der Waals surface area contributed by atoms with Crippen LogP contribution in [0, 0.1) is 11.8 Å². The van der Waals surface area contributed by atoms with E-state index >= 15 is 0 Å². The van der Waals surface area contributed by atoms with E-state index in [0.717, 1.165) is 125 Å². The minimum absolute atomic E-state index is 0. The molecule has 2 aromatic carbocycles. The fourth-order valence-corrected chi connectivity index (χ4v) is 8.46. The summed E-state index contributed by atoms with van der Waals surface area (Å²) in [7, 11) is 0. The Bertz CT molecular complexity index is 1470. The minimum atomic E-state index is -0.0891. The zero-order valence-electron chi connectivity index (χ0n) is 43.9. The van der Waals surface area contributed by atoms with E-state index in [1.165, 1.54) is 89.9 Å². The Morgan fingerprint density at radius 1 is 0.338 bits per heavy atom. The van der Waals surface area contributed by atoms with E-state index in [1.54, 1.807) is 6.07 Å². The molecule has 2 rings (SSSR count). The molecule has 8 nitrogen and oxygen atoms in total. The molecule has 0 fully saturated rings. The normalized spacial score (nSPS) is 10.6. The highest BCUT2D eigenvalue weighted by Crippen LogP contribution is 2.26. The van der Waals surface area contributed by atoms with E-state index in [4.69, 9.17) is 0 Å². The Hall–Kier alpha value is -3.68. The molecule has 2 unspecified atom stereocenters. The van der Waals surface area contributed by atoms with Gasteiger partial charge in [-0.15, -0.1) is 0 Å². The summed E-state index contributed by atoms with van der Waals surface area (Å²) in [6, 6.07) is 11.6. The molecule has 2 aromatic rings. The first-order valence-electron chi connectivity index (χ1n) is 27.6. The van der Waals surface area contributed by atoms with Crippen molar-refractivity contribution in [3.05, 3.63) is 58.7 Å². The summed E-state index contributed by atoms with van der Waals surface area (Å²) in [6.45, 7) is 18.8. The van der Waals surface area contributed by atoms with Crippen LogP contribution in [-0.4, -0.2) is 36.7 Å². The highest BCUT2D eigenvalue weighted by atomic mass is 16.2. The van der Waals surface area contributed by atoms with Crippen molar-refractivity contribution >= 4 is 35.0 Å². The van der Waals surface area contributed by atoms with Gasteiger partial charge in [0.1, 0.15) is 0 Å². The van der Waals surface area contributed by atoms with Gasteiger partial charge >= 0.3 is 0 Å². The maximum Gasteiger partial charge on any atom is 0.251 e. The first-order valence-corrected chi connectivity index (χ1v) is 27.6. The van der Waals surface area contributed by atoms with Crippen LogP contribution >= 0.6 is 0 Å². The van der Waals surface area contributed by atoms with E-state index in [1.807, 2.05) is 25.1 Å². The lowest BCUT2D eigenvalue weighted by Gasteiger charge is -2.19. The number of carbonyl (C=O) groups excluding carboxylic acids is 4. The predicted molar refractivity (Wildman–Crippen MR) is 338 cm³/mol. The van der Waals surface area contributed by atoms with Crippen molar-refractivity contribution in [2.24, 2.45) is 11.8 Å². The molecule has 4 amide bonds. The van der Waals surface area contributed by atoms with Crippen LogP contribution in [0.25, 0.3) is 0 Å². The Balaban J connectivity index is -0.000000189. The average Bonchev–Trinajstić information content (AvgIpc) is 3.32. The van der Waals surface area contributed by atoms with Crippen LogP contribution in [0.1, 0.15) is 326 Å². The summed E-state index contributed by atoms with van der Waals surface area (Å²) in [4.78, 5) is 51.5. The zero-order valence-corrected chi connectivity index (χ0v) is 43.9. The standard InChI is InChI=1S/C36H64N2O2.C22H36N2O2.8CH4/c1-6-11-15-17-19-21-25-31(23-13-8-3)35(39)37-33-27-30(10-5)28-34(29-33)38-36(40)32(24-14-9-4)26-22-20-18-16-12-7-2;1-4-7-9-11-13-23-21(25)19-15-18(6-3)16-20(17-19)22(26)24-14-12-10-8-5-2;;;;;;;;/h27-29,31-32H,6-26H2,1-5H3,(H,37,39)(H,38,40);15-17H,4-14H2,1-3H3,(H,23,25)(H,24,26);8*1H4. The molecule has 0 aliphatic carbocycles. The van der Waals surface area contributed by atoms with Crippen LogP contribution in [-0.2, 0) is 22.4 Å². The summed E-state index contributed by atoms with van der Waals surface area (Å²) in [5, 5.41) is 12.4. The summed E-state index contributed by atoms with van der Waals surface area (Å²) in [6.07, 6.45) is 33.9. The Morgan fingerprint density at radius 3 is 0.946 bits per heavy atom. The largest absolute Gasteiger partial charge is 0.352 e. The lowest BCUT2D eigenvalue weighted by atomic mass is 9.93. The van der Waals surface area contributed by atoms with Gasteiger partial charge in [-0.25, -0.2) is 0 Å². The van der Waals surface area contributed by atoms with E-state index in [9.17, 15) is 19.2 Å². The molecular weight excluding hydrogens is 913 g/mol. The molecule has 0 radical (unpaired) electrons. The summed E-state index contributed by atoms with van der Waals surface area (Å²) >= 11 is 0. The number of unbranched alkanes of at least 4 members (excludes halogenated alkanes) is 18. The van der Waals surface area contributed by atoms with Crippen LogP contribution in [0.4, 0.5) is 11.4 Å². The van der Waals surface area contributed by atoms with Crippen molar-refractivity contribution in [3.8, 4) is 0 Å². The summed E-state index contributed by atoms with van der Waals surface area (Å²) < 4.78 is 0. The Morgan fingerprint density at radius 2 is 0.622 bits per heavy atom. The van der Waals surface area contributed by atoms with Crippen LogP contribution in [0.5, 0.6) is 0 Å². The lowest BCUT2D eigenvalue weighted by Crippen LogP contribution is -2.27. The number of benzene rings is 2. The average molecular weight is 1050 g/mol. The van der Waals surface area contributed by atoms with Gasteiger partial charge in [-0.1, -0.05) is 256 Å². The molecule has 0 aliphatic heterocycles. The van der Waals surface area contributed by atoms with Crippen molar-refractivity contribution in [2.45, 2.75) is 307 Å². The van der Waals surface area contributed by atoms with Gasteiger partial charge in [-0.3, -0.25) is 19.2 Å². The SMILES string of the molecule is C.C.C.C.C.C.C.C.CCCCCCCCC(CCCC)C(=O)Nc1cc(CC)cc(NC(=O)C(CCCC)CCCCCCCC)c1.CCCCCCNC(=O)c1cc(CC)cc(C(=O)NCCCCCC)c1. The second kappa shape index (κ2) is 58.6. The lowest BCUT2D eigenvalue weighted by molar-refractivity contribution is -0.121. The molecule has 0 saturated carbocycles. The second-order valence-corrected chi connectivity index (χ2v) is 18.9. The molecule has 0 saturated heterocycles. The van der Waals surface area contributed by atoms with Crippen LogP contribution in [0.3, 0.4) is 0 Å². The smallest absolute Gasteiger partial charge is 0.251 e. The molecule has 440 valence electrons. The molecule has 4 N–H and O–H groups in total. The monoisotopic (exact) mass is 1050 g/mol. The second-order valence-electron chi connectivity index (χ2n) is 18.9. The van der Waals surface area contributed by atoms with Crippen molar-refractivity contribution in [1.29, 1.82) is 0 Å². The van der Waals surface area contributed by atoms with Gasteiger partial charge in [0.25, 0.3) is 11.8 Å². The topological polar surface area (TPSA) is 116 Å². The highest BCUT2D eigenvalue weighted by Gasteiger charge is 2.21. The maximum absolute atomic E-state index is 13.4. The number of amides is 4. The molecule has 0 spiro atoms. The molecule has 0 bridgehead atoms. The van der Waals surface area contributed by atoms with Crippen LogP contribution in [0.2, 0.25) is 0 Å². The van der Waals surface area contributed by atoms with Crippen molar-refractivity contribution in [3.63, 3.8) is 0 Å². The maximum atomic E-state index is 13.4. The van der Waals surface area contributed by atoms with Gasteiger partial charge in [0, 0.05) is 47.4 Å². The van der Waals surface area contributed by atoms with Gasteiger partial charge in [0.15, 0.2) is 0 Å². The summed E-state index contributed by atoms with van der Waals surface area (Å²) in [5.41, 5.74) is 4.93. The predicted octanol–water partition coefficient (Wildman–Crippen LogP) is 21.2. The first-order chi connectivity index (χ1) is 32.1. The quantitative estimate of drug-likeness (QED) is 0.0501. The number of nitrogens with one attached hydrogen (secondary N) is 4. The van der Waals surface area contributed by atoms with Gasteiger partial charge in [0.2, 0.25) is 11.8 Å². The van der Waals surface area contributed by atoms with E-state index in [-0.39, 0.29) is 94.9 Å². The van der Waals surface area contributed by atoms with Gasteiger partial charge < -0.3 is 21.3 Å². The molecular formula is C66H132N4O4. The third-order valence-corrected chi connectivity index (χ3v) is 12.9. The molecule has 74 heavy (non-hydrogen) atoms. The number of aryl methyl sites for hydroxylation is 2. The number of hydrogen-bond donors (Lipinski definition) is 4. The molecule has 2 atom stereocenters. The number of anilines is 2. The van der Waals surface area contributed by atoms with Crippen molar-refractivity contribution in [2.75, 3.05) is 23.7 Å². The molecule has 0 aromatic heterocycles. The number of rotatable bonds is 38. The van der Waals surface area contributed by atoms with Gasteiger partial charge in [-0.2, -0.15) is 0 Å². The van der Waals surface area contributed by atoms with Crippen molar-refractivity contribution < 1.29 is 19.2 Å². The molecule has 0 heterocycles. The third kappa shape index (κ3) is 41.6. The molecule has 8 heteroatoms. The van der Waals surface area contributed by atoms with Gasteiger partial charge in [-0.05, 0) is 98.9 Å². The van der Waals surface area contributed by atoms with E-state index in [0.29, 0.717) is 24.2 Å². The van der Waals surface area contributed by atoms with E-state index < -0.39 is 0 Å². The van der Waals surface area contributed by atoms with Crippen LogP contribution in [0.15, 0.2) is 36.4 Å². The number of carbonyl (C=O) groups is 4. The van der Waals surface area contributed by atoms with Crippen molar-refractivity contribution in [1.82, 2.24) is 10.6 Å². The summed E-state index contributed by atoms with van der Waals surface area (Å²) in [5.74, 6) is 0.214. The number of hydrogen-bond acceptors (Lipinski definition) is 4. The van der Waals surface area contributed by atoms with E-state index in [2.05, 4.69) is 81.9 Å². The van der Waals surface area contributed by atoms with Gasteiger partial charge in [0.05, 0.1) is 0 Å². The zero-order chi connectivity index (χ0) is 48.6. The third-order valence-electron chi connectivity index (χ3n) is 12.9. The Labute approximate surface area is 464 Å². The Kier molecular flexibility index (Phi) is 68.9.